The molecule has 6 heteroatoms. The van der Waals surface area contributed by atoms with Crippen molar-refractivity contribution in [2.75, 3.05) is 19.6 Å². The summed E-state index contributed by atoms with van der Waals surface area (Å²) in [5.41, 5.74) is 0. The number of piperidine rings is 1. The molecule has 2 N–H and O–H groups in total. The Morgan fingerprint density at radius 1 is 1.08 bits per heavy atom. The average Bonchev–Trinajstić information content (AvgIpc) is 2.63. The van der Waals surface area contributed by atoms with Gasteiger partial charge in [-0.3, -0.25) is 14.4 Å². The number of unbranched alkanes of at least 4 members (excludes halogenated alkanes) is 1. The number of ketones is 1. The molecule has 1 aliphatic heterocycles. The average molecular weight is 372 g/mol. The van der Waals surface area contributed by atoms with Crippen molar-refractivity contribution >= 4 is 17.6 Å². The SMILES string of the molecule is CCC(C)NCC(=O)NC1CCN(C(=O)CCCCC(=O)C(C)C)CC1.[HH].[HH]. The smallest absolute Gasteiger partial charge is 0.234 e. The summed E-state index contributed by atoms with van der Waals surface area (Å²) in [6, 6.07) is 0.505. The van der Waals surface area contributed by atoms with Crippen molar-refractivity contribution in [2.45, 2.75) is 84.7 Å². The highest BCUT2D eigenvalue weighted by Crippen LogP contribution is 2.13. The van der Waals surface area contributed by atoms with Crippen LogP contribution in [-0.2, 0) is 14.4 Å². The van der Waals surface area contributed by atoms with Crippen LogP contribution < -0.4 is 10.6 Å². The number of amides is 2. The number of nitrogens with zero attached hydrogens (tertiary/aromatic N) is 1. The number of likely N-dealkylation sites (tertiary alicyclic amines) is 1. The number of hydrogen-bond acceptors (Lipinski definition) is 4. The third-order valence-corrected chi connectivity index (χ3v) is 5.14. The molecule has 0 aromatic heterocycles. The molecule has 1 aliphatic rings. The summed E-state index contributed by atoms with van der Waals surface area (Å²) in [4.78, 5) is 37.7. The van der Waals surface area contributed by atoms with Crippen LogP contribution in [0.3, 0.4) is 0 Å². The first kappa shape index (κ1) is 22.6. The fraction of sp³-hybridized carbons (Fsp3) is 0.850. The zero-order valence-corrected chi connectivity index (χ0v) is 17.0. The van der Waals surface area contributed by atoms with Crippen LogP contribution in [0, 0.1) is 5.92 Å². The third-order valence-electron chi connectivity index (χ3n) is 5.14. The van der Waals surface area contributed by atoms with Crippen LogP contribution in [0.5, 0.6) is 0 Å². The van der Waals surface area contributed by atoms with Gasteiger partial charge in [-0.2, -0.15) is 0 Å². The topological polar surface area (TPSA) is 78.5 Å². The van der Waals surface area contributed by atoms with E-state index in [2.05, 4.69) is 24.5 Å². The Kier molecular flexibility index (Phi) is 10.5. The van der Waals surface area contributed by atoms with Crippen LogP contribution in [-0.4, -0.2) is 54.2 Å². The predicted octanol–water partition coefficient (Wildman–Crippen LogP) is 2.76. The molecule has 0 bridgehead atoms. The van der Waals surface area contributed by atoms with Gasteiger partial charge in [0.05, 0.1) is 6.54 Å². The van der Waals surface area contributed by atoms with Gasteiger partial charge in [-0.15, -0.1) is 0 Å². The molecule has 1 rings (SSSR count). The minimum absolute atomic E-state index is 0. The van der Waals surface area contributed by atoms with E-state index in [-0.39, 0.29) is 32.4 Å². The Hall–Kier alpha value is -1.43. The van der Waals surface area contributed by atoms with Gasteiger partial charge >= 0.3 is 0 Å². The van der Waals surface area contributed by atoms with Crippen molar-refractivity contribution in [3.05, 3.63) is 0 Å². The first-order valence-electron chi connectivity index (χ1n) is 10.2. The fourth-order valence-electron chi connectivity index (χ4n) is 2.99. The third kappa shape index (κ3) is 8.79. The molecule has 0 aromatic carbocycles. The zero-order valence-electron chi connectivity index (χ0n) is 17.0. The molecule has 0 saturated carbocycles. The first-order chi connectivity index (χ1) is 12.3. The zero-order chi connectivity index (χ0) is 19.5. The number of Topliss-reactive ketones (excluding diaryl/α,β-unsaturated/α-hetero) is 1. The van der Waals surface area contributed by atoms with Gasteiger partial charge in [-0.1, -0.05) is 20.8 Å². The van der Waals surface area contributed by atoms with Crippen molar-refractivity contribution in [1.29, 1.82) is 0 Å². The van der Waals surface area contributed by atoms with Gasteiger partial charge in [-0.25, -0.2) is 0 Å². The lowest BCUT2D eigenvalue weighted by Crippen LogP contribution is -2.48. The number of hydrogen-bond donors (Lipinski definition) is 2. The van der Waals surface area contributed by atoms with Crippen LogP contribution in [0.15, 0.2) is 0 Å². The highest BCUT2D eigenvalue weighted by atomic mass is 16.2. The number of carbonyl (C=O) groups is 3. The summed E-state index contributed by atoms with van der Waals surface area (Å²) < 4.78 is 0. The normalized spacial score (nSPS) is 16.6. The lowest BCUT2D eigenvalue weighted by atomic mass is 10.0. The van der Waals surface area contributed by atoms with Crippen LogP contribution in [0.25, 0.3) is 0 Å². The largest absolute Gasteiger partial charge is 0.352 e. The minimum atomic E-state index is 0. The second kappa shape index (κ2) is 12.0. The number of rotatable bonds is 11. The van der Waals surface area contributed by atoms with Crippen molar-refractivity contribution in [3.8, 4) is 0 Å². The molecule has 154 valence electrons. The van der Waals surface area contributed by atoms with Gasteiger partial charge in [-0.05, 0) is 39.0 Å². The summed E-state index contributed by atoms with van der Waals surface area (Å²) in [6.45, 7) is 9.73. The van der Waals surface area contributed by atoms with Crippen LogP contribution >= 0.6 is 0 Å². The maximum atomic E-state index is 12.3. The summed E-state index contributed by atoms with van der Waals surface area (Å²) in [6.07, 6.45) is 5.28. The standard InChI is InChI=1S/C20H37N3O3.2H2/c1-5-16(4)21-14-19(25)22-17-10-12-23(13-11-17)20(26)9-7-6-8-18(24)15(2)3;;/h15-17,21H,5-14H2,1-4H3,(H,22,25);2*1H. The minimum Gasteiger partial charge on any atom is -0.352 e. The van der Waals surface area contributed by atoms with E-state index >= 15 is 0 Å². The highest BCUT2D eigenvalue weighted by molar-refractivity contribution is 5.80. The van der Waals surface area contributed by atoms with E-state index in [9.17, 15) is 14.4 Å². The Balaban J connectivity index is 0. The van der Waals surface area contributed by atoms with E-state index in [0.29, 0.717) is 38.5 Å². The molecule has 0 aromatic rings. The molecule has 26 heavy (non-hydrogen) atoms. The van der Waals surface area contributed by atoms with Gasteiger partial charge in [0.1, 0.15) is 5.78 Å². The summed E-state index contributed by atoms with van der Waals surface area (Å²) in [5.74, 6) is 0.562. The van der Waals surface area contributed by atoms with Crippen molar-refractivity contribution in [1.82, 2.24) is 15.5 Å². The molecule has 2 amide bonds. The van der Waals surface area contributed by atoms with E-state index in [1.165, 1.54) is 0 Å². The van der Waals surface area contributed by atoms with Crippen molar-refractivity contribution < 1.29 is 17.2 Å². The van der Waals surface area contributed by atoms with Gasteiger partial charge in [0.15, 0.2) is 0 Å². The van der Waals surface area contributed by atoms with E-state index in [1.54, 1.807) is 0 Å². The fourth-order valence-corrected chi connectivity index (χ4v) is 2.99. The number of carbonyl (C=O) groups excluding carboxylic acids is 3. The Morgan fingerprint density at radius 3 is 2.27 bits per heavy atom. The van der Waals surface area contributed by atoms with E-state index in [1.807, 2.05) is 18.7 Å². The molecule has 0 spiro atoms. The molecule has 0 aliphatic carbocycles. The van der Waals surface area contributed by atoms with Crippen molar-refractivity contribution in [3.63, 3.8) is 0 Å². The molecule has 0 radical (unpaired) electrons. The number of nitrogens with one attached hydrogen (secondary N) is 2. The maximum Gasteiger partial charge on any atom is 0.234 e. The highest BCUT2D eigenvalue weighted by Gasteiger charge is 2.23. The van der Waals surface area contributed by atoms with E-state index < -0.39 is 0 Å². The molecule has 6 nitrogen and oxygen atoms in total. The predicted molar refractivity (Wildman–Crippen MR) is 108 cm³/mol. The summed E-state index contributed by atoms with van der Waals surface area (Å²) in [7, 11) is 0. The monoisotopic (exact) mass is 371 g/mol. The molecule has 1 unspecified atom stereocenters. The quantitative estimate of drug-likeness (QED) is 0.547. The molecular formula is C20H41N3O3. The lowest BCUT2D eigenvalue weighted by Gasteiger charge is -2.32. The Morgan fingerprint density at radius 2 is 1.69 bits per heavy atom. The van der Waals surface area contributed by atoms with Gasteiger partial charge < -0.3 is 15.5 Å². The van der Waals surface area contributed by atoms with Gasteiger partial charge in [0.25, 0.3) is 0 Å². The van der Waals surface area contributed by atoms with E-state index in [0.717, 1.165) is 32.1 Å². The van der Waals surface area contributed by atoms with Crippen molar-refractivity contribution in [2.24, 2.45) is 5.92 Å². The molecule has 1 heterocycles. The maximum absolute atomic E-state index is 12.3. The molecular weight excluding hydrogens is 330 g/mol. The van der Waals surface area contributed by atoms with Gasteiger partial charge in [0.2, 0.25) is 11.8 Å². The lowest BCUT2D eigenvalue weighted by molar-refractivity contribution is -0.132. The Labute approximate surface area is 161 Å². The second-order valence-corrected chi connectivity index (χ2v) is 7.74. The van der Waals surface area contributed by atoms with Crippen LogP contribution in [0.4, 0.5) is 0 Å². The Bertz CT molecular complexity index is 468. The van der Waals surface area contributed by atoms with E-state index in [4.69, 9.17) is 0 Å². The van der Waals surface area contributed by atoms with Gasteiger partial charge in [0, 0.05) is 46.8 Å². The summed E-state index contributed by atoms with van der Waals surface area (Å²) in [5, 5.41) is 6.25. The molecule has 1 saturated heterocycles. The van der Waals surface area contributed by atoms with Crippen LogP contribution in [0.2, 0.25) is 0 Å². The summed E-state index contributed by atoms with van der Waals surface area (Å²) >= 11 is 0. The molecule has 1 atom stereocenters. The molecule has 1 fully saturated rings. The second-order valence-electron chi connectivity index (χ2n) is 7.74. The first-order valence-corrected chi connectivity index (χ1v) is 10.2. The van der Waals surface area contributed by atoms with Crippen LogP contribution in [0.1, 0.15) is 75.5 Å².